The maximum absolute atomic E-state index is 12.1. The van der Waals surface area contributed by atoms with Crippen LogP contribution >= 0.6 is 0 Å². The average molecular weight is 516 g/mol. The van der Waals surface area contributed by atoms with Gasteiger partial charge < -0.3 is 25.8 Å². The van der Waals surface area contributed by atoms with E-state index in [4.69, 9.17) is 15.2 Å². The SMILES string of the molecule is CC(C)(C)OC(=O)N[C@@H](Cc1ccc2cc(C#CCCNC(=O)OCc3ccccc3)ccc2c1)C(N)=O. The largest absolute Gasteiger partial charge is 0.445 e. The Labute approximate surface area is 222 Å². The number of fused-ring (bicyclic) bond motifs is 1. The zero-order chi connectivity index (χ0) is 27.5. The molecule has 0 heterocycles. The van der Waals surface area contributed by atoms with Crippen molar-refractivity contribution < 1.29 is 23.9 Å². The van der Waals surface area contributed by atoms with Crippen LogP contribution in [0.1, 0.15) is 43.9 Å². The minimum Gasteiger partial charge on any atom is -0.445 e. The Morgan fingerprint density at radius 2 is 1.63 bits per heavy atom. The van der Waals surface area contributed by atoms with Crippen molar-refractivity contribution in [2.45, 2.75) is 51.9 Å². The number of hydrogen-bond donors (Lipinski definition) is 3. The molecule has 1 atom stereocenters. The lowest BCUT2D eigenvalue weighted by molar-refractivity contribution is -0.120. The number of ether oxygens (including phenoxy) is 2. The first-order chi connectivity index (χ1) is 18.1. The lowest BCUT2D eigenvalue weighted by atomic mass is 10.00. The topological polar surface area (TPSA) is 120 Å². The monoisotopic (exact) mass is 515 g/mol. The first-order valence-corrected chi connectivity index (χ1v) is 12.3. The molecule has 0 radical (unpaired) electrons. The average Bonchev–Trinajstić information content (AvgIpc) is 2.86. The number of nitrogens with two attached hydrogens (primary N) is 1. The third kappa shape index (κ3) is 9.51. The number of carbonyl (C=O) groups excluding carboxylic acids is 3. The minimum atomic E-state index is -0.892. The van der Waals surface area contributed by atoms with E-state index < -0.39 is 29.7 Å². The fourth-order valence-corrected chi connectivity index (χ4v) is 3.57. The maximum atomic E-state index is 12.1. The summed E-state index contributed by atoms with van der Waals surface area (Å²) in [6, 6.07) is 20.2. The lowest BCUT2D eigenvalue weighted by Gasteiger charge is -2.22. The van der Waals surface area contributed by atoms with Gasteiger partial charge in [0.1, 0.15) is 18.2 Å². The van der Waals surface area contributed by atoms with Gasteiger partial charge >= 0.3 is 12.2 Å². The van der Waals surface area contributed by atoms with Crippen LogP contribution in [0, 0.1) is 11.8 Å². The molecule has 0 bridgehead atoms. The van der Waals surface area contributed by atoms with Gasteiger partial charge in [0.25, 0.3) is 0 Å². The van der Waals surface area contributed by atoms with Crippen molar-refractivity contribution >= 4 is 28.9 Å². The Balaban J connectivity index is 1.51. The van der Waals surface area contributed by atoms with Crippen LogP contribution < -0.4 is 16.4 Å². The van der Waals surface area contributed by atoms with Gasteiger partial charge in [-0.2, -0.15) is 0 Å². The molecule has 0 saturated carbocycles. The van der Waals surface area contributed by atoms with Crippen molar-refractivity contribution in [3.8, 4) is 11.8 Å². The van der Waals surface area contributed by atoms with Crippen molar-refractivity contribution in [1.82, 2.24) is 10.6 Å². The molecule has 0 aliphatic heterocycles. The summed E-state index contributed by atoms with van der Waals surface area (Å²) in [5, 5.41) is 7.19. The second kappa shape index (κ2) is 13.2. The van der Waals surface area contributed by atoms with E-state index in [1.807, 2.05) is 66.7 Å². The Morgan fingerprint density at radius 1 is 0.921 bits per heavy atom. The summed E-state index contributed by atoms with van der Waals surface area (Å²) in [7, 11) is 0. The van der Waals surface area contributed by atoms with Crippen molar-refractivity contribution in [2.75, 3.05) is 6.54 Å². The summed E-state index contributed by atoms with van der Waals surface area (Å²) in [6.07, 6.45) is -0.440. The van der Waals surface area contributed by atoms with Crippen LogP contribution in [0.5, 0.6) is 0 Å². The number of nitrogens with one attached hydrogen (secondary N) is 2. The number of carbonyl (C=O) groups is 3. The number of benzene rings is 3. The Bertz CT molecular complexity index is 1340. The predicted octanol–water partition coefficient (Wildman–Crippen LogP) is 4.43. The van der Waals surface area contributed by atoms with E-state index in [1.165, 1.54) is 0 Å². The zero-order valence-electron chi connectivity index (χ0n) is 21.9. The Morgan fingerprint density at radius 3 is 2.34 bits per heavy atom. The molecule has 198 valence electrons. The van der Waals surface area contributed by atoms with Crippen molar-refractivity contribution in [3.05, 3.63) is 83.4 Å². The van der Waals surface area contributed by atoms with E-state index in [-0.39, 0.29) is 13.0 Å². The molecule has 3 amide bonds. The molecule has 0 aliphatic carbocycles. The first-order valence-electron chi connectivity index (χ1n) is 12.3. The summed E-state index contributed by atoms with van der Waals surface area (Å²) in [6.45, 7) is 5.84. The number of amides is 3. The van der Waals surface area contributed by atoms with Gasteiger partial charge in [-0.05, 0) is 54.8 Å². The van der Waals surface area contributed by atoms with Gasteiger partial charge in [0.2, 0.25) is 5.91 Å². The molecule has 3 aromatic carbocycles. The fraction of sp³-hybridized carbons (Fsp3) is 0.300. The summed E-state index contributed by atoms with van der Waals surface area (Å²) >= 11 is 0. The van der Waals surface area contributed by atoms with Crippen LogP contribution in [0.15, 0.2) is 66.7 Å². The van der Waals surface area contributed by atoms with Gasteiger partial charge in [-0.1, -0.05) is 66.4 Å². The molecular formula is C30H33N3O5. The highest BCUT2D eigenvalue weighted by atomic mass is 16.6. The smallest absolute Gasteiger partial charge is 0.408 e. The second-order valence-electron chi connectivity index (χ2n) is 9.74. The van der Waals surface area contributed by atoms with Gasteiger partial charge in [-0.3, -0.25) is 4.79 Å². The van der Waals surface area contributed by atoms with Crippen LogP contribution in [0.25, 0.3) is 10.8 Å². The van der Waals surface area contributed by atoms with E-state index in [2.05, 4.69) is 22.5 Å². The molecule has 0 fully saturated rings. The molecule has 8 nitrogen and oxygen atoms in total. The van der Waals surface area contributed by atoms with Crippen molar-refractivity contribution in [2.24, 2.45) is 5.73 Å². The van der Waals surface area contributed by atoms with Gasteiger partial charge in [0.15, 0.2) is 0 Å². The van der Waals surface area contributed by atoms with Crippen molar-refractivity contribution in [3.63, 3.8) is 0 Å². The highest BCUT2D eigenvalue weighted by molar-refractivity contribution is 5.86. The number of primary amides is 1. The molecule has 3 aromatic rings. The van der Waals surface area contributed by atoms with E-state index in [9.17, 15) is 14.4 Å². The summed E-state index contributed by atoms with van der Waals surface area (Å²) in [5.41, 5.74) is 7.44. The van der Waals surface area contributed by atoms with Gasteiger partial charge in [0, 0.05) is 24.9 Å². The molecule has 0 aromatic heterocycles. The van der Waals surface area contributed by atoms with Gasteiger partial charge in [-0.15, -0.1) is 0 Å². The molecule has 4 N–H and O–H groups in total. The van der Waals surface area contributed by atoms with E-state index in [1.54, 1.807) is 20.8 Å². The van der Waals surface area contributed by atoms with Gasteiger partial charge in [0.05, 0.1) is 0 Å². The molecule has 0 saturated heterocycles. The third-order valence-corrected chi connectivity index (χ3v) is 5.34. The zero-order valence-corrected chi connectivity index (χ0v) is 21.9. The summed E-state index contributed by atoms with van der Waals surface area (Å²) in [5.74, 6) is 5.52. The van der Waals surface area contributed by atoms with Gasteiger partial charge in [-0.25, -0.2) is 9.59 Å². The van der Waals surface area contributed by atoms with Crippen LogP contribution in [-0.4, -0.2) is 36.3 Å². The fourth-order valence-electron chi connectivity index (χ4n) is 3.57. The quantitative estimate of drug-likeness (QED) is 0.303. The molecule has 8 heteroatoms. The maximum Gasteiger partial charge on any atom is 0.408 e. The molecule has 0 spiro atoms. The summed E-state index contributed by atoms with van der Waals surface area (Å²) in [4.78, 5) is 35.8. The standard InChI is InChI=1S/C30H33N3O5/c1-30(2,3)38-29(36)33-26(27(31)34)19-23-13-15-24-17-21(12-14-25(24)18-23)9-7-8-16-32-28(35)37-20-22-10-5-4-6-11-22/h4-6,10-15,17-18,26H,8,16,19-20H2,1-3H3,(H2,31,34)(H,32,35)(H,33,36)/t26-/m0/s1. The van der Waals surface area contributed by atoms with E-state index in [0.717, 1.165) is 27.5 Å². The highest BCUT2D eigenvalue weighted by Gasteiger charge is 2.23. The number of hydrogen-bond acceptors (Lipinski definition) is 5. The Kier molecular flexibility index (Phi) is 9.72. The Hall–Kier alpha value is -4.51. The second-order valence-corrected chi connectivity index (χ2v) is 9.74. The molecule has 3 rings (SSSR count). The summed E-state index contributed by atoms with van der Waals surface area (Å²) < 4.78 is 10.4. The number of alkyl carbamates (subject to hydrolysis) is 2. The highest BCUT2D eigenvalue weighted by Crippen LogP contribution is 2.19. The van der Waals surface area contributed by atoms with E-state index in [0.29, 0.717) is 13.0 Å². The molecular weight excluding hydrogens is 482 g/mol. The lowest BCUT2D eigenvalue weighted by Crippen LogP contribution is -2.47. The number of rotatable bonds is 8. The molecule has 0 aliphatic rings. The van der Waals surface area contributed by atoms with Crippen LogP contribution in [0.2, 0.25) is 0 Å². The third-order valence-electron chi connectivity index (χ3n) is 5.34. The van der Waals surface area contributed by atoms with Crippen LogP contribution in [-0.2, 0) is 27.3 Å². The predicted molar refractivity (Wildman–Crippen MR) is 146 cm³/mol. The van der Waals surface area contributed by atoms with Crippen LogP contribution in [0.3, 0.4) is 0 Å². The normalized spacial score (nSPS) is 11.6. The molecule has 38 heavy (non-hydrogen) atoms. The van der Waals surface area contributed by atoms with E-state index >= 15 is 0 Å². The van der Waals surface area contributed by atoms with Crippen molar-refractivity contribution in [1.29, 1.82) is 0 Å². The molecule has 0 unspecified atom stereocenters. The van der Waals surface area contributed by atoms with Crippen LogP contribution in [0.4, 0.5) is 9.59 Å². The first kappa shape index (κ1) is 28.1. The minimum absolute atomic E-state index is 0.223.